The summed E-state index contributed by atoms with van der Waals surface area (Å²) < 4.78 is 37.0. The number of nitrogens with one attached hydrogen (secondary N) is 1. The van der Waals surface area contributed by atoms with E-state index in [2.05, 4.69) is 10.3 Å². The Morgan fingerprint density at radius 1 is 1.50 bits per heavy atom. The Balaban J connectivity index is 2.48. The molecule has 112 valence electrons. The third-order valence-electron chi connectivity index (χ3n) is 2.51. The van der Waals surface area contributed by atoms with Crippen molar-refractivity contribution in [2.24, 2.45) is 5.73 Å². The fourth-order valence-corrected chi connectivity index (χ4v) is 2.36. The molecule has 20 heavy (non-hydrogen) atoms. The maximum absolute atomic E-state index is 12.3. The van der Waals surface area contributed by atoms with Crippen LogP contribution in [0.2, 0.25) is 0 Å². The Hall–Kier alpha value is -1.28. The van der Waals surface area contributed by atoms with Crippen LogP contribution in [0.5, 0.6) is 0 Å². The van der Waals surface area contributed by atoms with Crippen molar-refractivity contribution in [3.8, 4) is 0 Å². The lowest BCUT2D eigenvalue weighted by atomic mass is 10.2. The summed E-state index contributed by atoms with van der Waals surface area (Å²) in [7, 11) is 0. The van der Waals surface area contributed by atoms with Crippen LogP contribution in [-0.2, 0) is 11.0 Å². The second-order valence-corrected chi connectivity index (χ2v) is 5.15. The number of halogens is 3. The first-order valence-electron chi connectivity index (χ1n) is 6.03. The average Bonchev–Trinajstić information content (AvgIpc) is 2.37. The van der Waals surface area contributed by atoms with E-state index in [1.807, 2.05) is 6.92 Å². The van der Waals surface area contributed by atoms with Gasteiger partial charge >= 0.3 is 6.18 Å². The Labute approximate surface area is 119 Å². The highest BCUT2D eigenvalue weighted by atomic mass is 32.2. The molecule has 0 aliphatic heterocycles. The zero-order valence-electron chi connectivity index (χ0n) is 10.9. The van der Waals surface area contributed by atoms with Crippen LogP contribution < -0.4 is 11.1 Å². The number of pyridine rings is 1. The number of hydrogen-bond acceptors (Lipinski definition) is 4. The Kier molecular flexibility index (Phi) is 6.28. The molecule has 1 aromatic heterocycles. The largest absolute Gasteiger partial charge is 0.417 e. The molecule has 1 rings (SSSR count). The van der Waals surface area contributed by atoms with Crippen LogP contribution >= 0.6 is 11.8 Å². The van der Waals surface area contributed by atoms with E-state index in [0.29, 0.717) is 23.7 Å². The molecule has 0 radical (unpaired) electrons. The Bertz CT molecular complexity index is 437. The highest BCUT2D eigenvalue weighted by Gasteiger charge is 2.30. The normalized spacial score (nSPS) is 13.2. The molecule has 1 aromatic rings. The summed E-state index contributed by atoms with van der Waals surface area (Å²) in [6.45, 7) is 2.48. The second kappa shape index (κ2) is 7.49. The molecule has 0 saturated heterocycles. The molecule has 0 bridgehead atoms. The van der Waals surface area contributed by atoms with Crippen molar-refractivity contribution in [3.05, 3.63) is 23.9 Å². The van der Waals surface area contributed by atoms with Gasteiger partial charge < -0.3 is 11.1 Å². The topological polar surface area (TPSA) is 68.0 Å². The molecule has 0 aliphatic rings. The van der Waals surface area contributed by atoms with Crippen LogP contribution in [0.3, 0.4) is 0 Å². The number of carbonyl (C=O) groups is 1. The van der Waals surface area contributed by atoms with Crippen LogP contribution in [0.4, 0.5) is 13.2 Å². The molecular weight excluding hydrogens is 291 g/mol. The summed E-state index contributed by atoms with van der Waals surface area (Å²) in [5.41, 5.74) is 4.45. The van der Waals surface area contributed by atoms with Crippen LogP contribution in [0.25, 0.3) is 0 Å². The number of nitrogens with zero attached hydrogens (tertiary/aromatic N) is 1. The fourth-order valence-electron chi connectivity index (χ4n) is 1.51. The van der Waals surface area contributed by atoms with Gasteiger partial charge in [-0.2, -0.15) is 13.2 Å². The summed E-state index contributed by atoms with van der Waals surface area (Å²) >= 11 is 1.29. The lowest BCUT2D eigenvalue weighted by Gasteiger charge is -2.13. The fraction of sp³-hybridized carbons (Fsp3) is 0.500. The van der Waals surface area contributed by atoms with Crippen molar-refractivity contribution >= 4 is 17.7 Å². The Morgan fingerprint density at radius 2 is 2.20 bits per heavy atom. The first kappa shape index (κ1) is 16.8. The summed E-state index contributed by atoms with van der Waals surface area (Å²) in [4.78, 5) is 14.8. The molecule has 4 nitrogen and oxygen atoms in total. The van der Waals surface area contributed by atoms with E-state index < -0.39 is 23.7 Å². The highest BCUT2D eigenvalue weighted by molar-refractivity contribution is 7.99. The predicted molar refractivity (Wildman–Crippen MR) is 71.2 cm³/mol. The zero-order chi connectivity index (χ0) is 15.2. The quantitative estimate of drug-likeness (QED) is 0.757. The molecular formula is C12H16F3N3OS. The molecule has 0 aromatic carbocycles. The summed E-state index contributed by atoms with van der Waals surface area (Å²) in [5.74, 6) is 0.103. The summed E-state index contributed by atoms with van der Waals surface area (Å²) in [5, 5.41) is 3.42. The Morgan fingerprint density at radius 3 is 2.65 bits per heavy atom. The van der Waals surface area contributed by atoms with Crippen molar-refractivity contribution in [1.82, 2.24) is 10.3 Å². The predicted octanol–water partition coefficient (Wildman–Crippen LogP) is 2.05. The van der Waals surface area contributed by atoms with E-state index >= 15 is 0 Å². The van der Waals surface area contributed by atoms with Crippen LogP contribution in [0, 0.1) is 0 Å². The zero-order valence-corrected chi connectivity index (χ0v) is 11.7. The molecule has 1 amide bonds. The summed E-state index contributed by atoms with van der Waals surface area (Å²) in [6, 6.07) is 1.88. The van der Waals surface area contributed by atoms with Crippen molar-refractivity contribution in [2.75, 3.05) is 12.3 Å². The van der Waals surface area contributed by atoms with Gasteiger partial charge in [0, 0.05) is 11.9 Å². The van der Waals surface area contributed by atoms with E-state index in [0.717, 1.165) is 12.3 Å². The van der Waals surface area contributed by atoms with Gasteiger partial charge in [-0.3, -0.25) is 4.79 Å². The minimum atomic E-state index is -4.38. The first-order valence-corrected chi connectivity index (χ1v) is 7.02. The maximum Gasteiger partial charge on any atom is 0.417 e. The van der Waals surface area contributed by atoms with Crippen molar-refractivity contribution < 1.29 is 18.0 Å². The minimum Gasteiger partial charge on any atom is -0.368 e. The van der Waals surface area contributed by atoms with Crippen LogP contribution in [0.15, 0.2) is 23.4 Å². The summed E-state index contributed by atoms with van der Waals surface area (Å²) in [6.07, 6.45) is -3.08. The van der Waals surface area contributed by atoms with Gasteiger partial charge in [0.15, 0.2) is 0 Å². The molecule has 0 fully saturated rings. The minimum absolute atomic E-state index is 0.429. The highest BCUT2D eigenvalue weighted by Crippen LogP contribution is 2.29. The number of carbonyl (C=O) groups excluding carboxylic acids is 1. The number of hydrogen-bond donors (Lipinski definition) is 2. The number of likely N-dealkylation sites (N-methyl/N-ethyl adjacent to an activating group) is 1. The van der Waals surface area contributed by atoms with Gasteiger partial charge in [0.2, 0.25) is 5.91 Å². The lowest BCUT2D eigenvalue weighted by molar-refractivity contribution is -0.137. The van der Waals surface area contributed by atoms with Crippen LogP contribution in [0.1, 0.15) is 18.9 Å². The van der Waals surface area contributed by atoms with E-state index in [1.54, 1.807) is 0 Å². The van der Waals surface area contributed by atoms with E-state index in [-0.39, 0.29) is 0 Å². The number of rotatable bonds is 7. The van der Waals surface area contributed by atoms with Gasteiger partial charge in [-0.05, 0) is 25.1 Å². The number of thioether (sulfide) groups is 1. The molecule has 1 unspecified atom stereocenters. The number of amides is 1. The molecule has 3 N–H and O–H groups in total. The SMILES string of the molecule is CCNC(CCSc1ccc(C(F)(F)F)cn1)C(N)=O. The maximum atomic E-state index is 12.3. The third kappa shape index (κ3) is 5.38. The van der Waals surface area contributed by atoms with Crippen molar-refractivity contribution in [2.45, 2.75) is 30.6 Å². The van der Waals surface area contributed by atoms with Gasteiger partial charge in [-0.15, -0.1) is 11.8 Å². The average molecular weight is 307 g/mol. The molecule has 0 aliphatic carbocycles. The third-order valence-corrected chi connectivity index (χ3v) is 3.49. The van der Waals surface area contributed by atoms with Crippen molar-refractivity contribution in [3.63, 3.8) is 0 Å². The van der Waals surface area contributed by atoms with Gasteiger partial charge in [0.1, 0.15) is 0 Å². The van der Waals surface area contributed by atoms with E-state index in [9.17, 15) is 18.0 Å². The standard InChI is InChI=1S/C12H16F3N3OS/c1-2-17-9(11(16)19)5-6-20-10-4-3-8(7-18-10)12(13,14)15/h3-4,7,9,17H,2,5-6H2,1H3,(H2,16,19). The smallest absolute Gasteiger partial charge is 0.368 e. The van der Waals surface area contributed by atoms with E-state index in [4.69, 9.17) is 5.73 Å². The van der Waals surface area contributed by atoms with Crippen molar-refractivity contribution in [1.29, 1.82) is 0 Å². The molecule has 8 heteroatoms. The van der Waals surface area contributed by atoms with E-state index in [1.165, 1.54) is 17.8 Å². The van der Waals surface area contributed by atoms with Gasteiger partial charge in [-0.1, -0.05) is 6.92 Å². The monoisotopic (exact) mass is 307 g/mol. The lowest BCUT2D eigenvalue weighted by Crippen LogP contribution is -2.41. The number of alkyl halides is 3. The van der Waals surface area contributed by atoms with Gasteiger partial charge in [-0.25, -0.2) is 4.98 Å². The van der Waals surface area contributed by atoms with Gasteiger partial charge in [0.25, 0.3) is 0 Å². The first-order chi connectivity index (χ1) is 9.34. The number of primary amides is 1. The van der Waals surface area contributed by atoms with Crippen LogP contribution in [-0.4, -0.2) is 29.2 Å². The molecule has 1 atom stereocenters. The second-order valence-electron chi connectivity index (χ2n) is 4.03. The molecule has 0 saturated carbocycles. The molecule has 0 spiro atoms. The van der Waals surface area contributed by atoms with Gasteiger partial charge in [0.05, 0.1) is 16.6 Å². The number of nitrogens with two attached hydrogens (primary N) is 1. The number of aromatic nitrogens is 1. The molecule has 1 heterocycles.